The molecular weight excluding hydrogens is 284 g/mol. The summed E-state index contributed by atoms with van der Waals surface area (Å²) in [6, 6.07) is 0. The molecule has 1 aromatic rings. The smallest absolute Gasteiger partial charge is 0.228 e. The molecule has 120 valence electrons. The Morgan fingerprint density at radius 1 is 1.36 bits per heavy atom. The van der Waals surface area contributed by atoms with Gasteiger partial charge in [-0.05, 0) is 26.7 Å². The Morgan fingerprint density at radius 3 is 2.55 bits per heavy atom. The third kappa shape index (κ3) is 2.38. The zero-order chi connectivity index (χ0) is 15.9. The van der Waals surface area contributed by atoms with Crippen LogP contribution in [0.5, 0.6) is 0 Å². The van der Waals surface area contributed by atoms with E-state index in [0.29, 0.717) is 19.5 Å². The fourth-order valence-electron chi connectivity index (χ4n) is 3.44. The van der Waals surface area contributed by atoms with Gasteiger partial charge in [-0.1, -0.05) is 5.16 Å². The third-order valence-electron chi connectivity index (χ3n) is 5.32. The molecule has 2 saturated heterocycles. The molecule has 22 heavy (non-hydrogen) atoms. The van der Waals surface area contributed by atoms with Crippen LogP contribution in [0.15, 0.2) is 10.9 Å². The SMILES string of the molecule is CN1C(=O)C[C@H](C(=O)N2CCC(c3ncon3)CC2)C1(C)C. The summed E-state index contributed by atoms with van der Waals surface area (Å²) in [4.78, 5) is 32.4. The molecule has 1 aromatic heterocycles. The van der Waals surface area contributed by atoms with E-state index in [-0.39, 0.29) is 23.7 Å². The van der Waals surface area contributed by atoms with Crippen LogP contribution in [-0.4, -0.2) is 57.4 Å². The van der Waals surface area contributed by atoms with Gasteiger partial charge in [0.25, 0.3) is 0 Å². The van der Waals surface area contributed by atoms with Crippen molar-refractivity contribution in [2.24, 2.45) is 5.92 Å². The summed E-state index contributed by atoms with van der Waals surface area (Å²) < 4.78 is 4.79. The molecule has 7 nitrogen and oxygen atoms in total. The van der Waals surface area contributed by atoms with Crippen molar-refractivity contribution >= 4 is 11.8 Å². The number of carbonyl (C=O) groups excluding carboxylic acids is 2. The van der Waals surface area contributed by atoms with Gasteiger partial charge in [0.05, 0.1) is 5.92 Å². The van der Waals surface area contributed by atoms with Crippen LogP contribution in [0, 0.1) is 5.92 Å². The van der Waals surface area contributed by atoms with E-state index >= 15 is 0 Å². The molecule has 0 N–H and O–H groups in total. The zero-order valence-corrected chi connectivity index (χ0v) is 13.3. The third-order valence-corrected chi connectivity index (χ3v) is 5.32. The number of piperidine rings is 1. The van der Waals surface area contributed by atoms with E-state index < -0.39 is 5.54 Å². The van der Waals surface area contributed by atoms with Crippen molar-refractivity contribution in [2.75, 3.05) is 20.1 Å². The number of carbonyl (C=O) groups is 2. The molecule has 0 aromatic carbocycles. The molecule has 2 amide bonds. The Hall–Kier alpha value is -1.92. The van der Waals surface area contributed by atoms with Crippen LogP contribution < -0.4 is 0 Å². The average Bonchev–Trinajstić information content (AvgIpc) is 3.11. The van der Waals surface area contributed by atoms with Crippen molar-refractivity contribution in [1.82, 2.24) is 19.9 Å². The van der Waals surface area contributed by atoms with Gasteiger partial charge in [0.2, 0.25) is 18.2 Å². The molecule has 0 unspecified atom stereocenters. The van der Waals surface area contributed by atoms with Gasteiger partial charge >= 0.3 is 0 Å². The van der Waals surface area contributed by atoms with Crippen molar-refractivity contribution in [3.63, 3.8) is 0 Å². The molecule has 2 fully saturated rings. The van der Waals surface area contributed by atoms with Gasteiger partial charge in [-0.3, -0.25) is 9.59 Å². The van der Waals surface area contributed by atoms with E-state index in [1.807, 2.05) is 18.7 Å². The number of hydrogen-bond acceptors (Lipinski definition) is 5. The van der Waals surface area contributed by atoms with Crippen molar-refractivity contribution < 1.29 is 14.1 Å². The largest absolute Gasteiger partial charge is 0.343 e. The molecule has 3 rings (SSSR count). The summed E-state index contributed by atoms with van der Waals surface area (Å²) >= 11 is 0. The maximum Gasteiger partial charge on any atom is 0.228 e. The second-order valence-corrected chi connectivity index (χ2v) is 6.75. The highest BCUT2D eigenvalue weighted by molar-refractivity contribution is 5.91. The lowest BCUT2D eigenvalue weighted by Gasteiger charge is -2.37. The molecule has 0 bridgehead atoms. The molecular formula is C15H22N4O3. The number of amides is 2. The lowest BCUT2D eigenvalue weighted by molar-refractivity contribution is -0.138. The predicted molar refractivity (Wildman–Crippen MR) is 77.8 cm³/mol. The van der Waals surface area contributed by atoms with Crippen molar-refractivity contribution in [1.29, 1.82) is 0 Å². The van der Waals surface area contributed by atoms with Crippen LogP contribution in [0.2, 0.25) is 0 Å². The van der Waals surface area contributed by atoms with Gasteiger partial charge in [-0.25, -0.2) is 0 Å². The van der Waals surface area contributed by atoms with Crippen LogP contribution in [0.3, 0.4) is 0 Å². The Kier molecular flexibility index (Phi) is 3.66. The van der Waals surface area contributed by atoms with Crippen molar-refractivity contribution in [2.45, 2.75) is 44.6 Å². The summed E-state index contributed by atoms with van der Waals surface area (Å²) in [5.74, 6) is 0.859. The van der Waals surface area contributed by atoms with E-state index in [1.54, 1.807) is 11.9 Å². The van der Waals surface area contributed by atoms with E-state index in [9.17, 15) is 9.59 Å². The number of rotatable bonds is 2. The fraction of sp³-hybridized carbons (Fsp3) is 0.733. The molecule has 0 saturated carbocycles. The first kappa shape index (κ1) is 15.0. The van der Waals surface area contributed by atoms with Gasteiger partial charge in [0, 0.05) is 38.0 Å². The predicted octanol–water partition coefficient (Wildman–Crippen LogP) is 1.03. The van der Waals surface area contributed by atoms with Gasteiger partial charge in [0.15, 0.2) is 5.82 Å². The van der Waals surface area contributed by atoms with E-state index in [1.165, 1.54) is 6.39 Å². The van der Waals surface area contributed by atoms with Gasteiger partial charge in [0.1, 0.15) is 0 Å². The molecule has 0 spiro atoms. The maximum absolute atomic E-state index is 12.8. The first-order chi connectivity index (χ1) is 10.4. The van der Waals surface area contributed by atoms with E-state index in [2.05, 4.69) is 10.1 Å². The minimum atomic E-state index is -0.418. The van der Waals surface area contributed by atoms with Gasteiger partial charge in [-0.15, -0.1) is 0 Å². The van der Waals surface area contributed by atoms with E-state index in [0.717, 1.165) is 18.7 Å². The summed E-state index contributed by atoms with van der Waals surface area (Å²) in [6.07, 6.45) is 3.33. The molecule has 2 aliphatic rings. The molecule has 3 heterocycles. The van der Waals surface area contributed by atoms with Gasteiger partial charge in [-0.2, -0.15) is 4.98 Å². The topological polar surface area (TPSA) is 79.5 Å². The standard InChI is InChI=1S/C15H22N4O3/c1-15(2)11(8-12(20)18(15)3)14(21)19-6-4-10(5-7-19)13-16-9-22-17-13/h9-11H,4-8H2,1-3H3/t11-/m1/s1. The highest BCUT2D eigenvalue weighted by Crippen LogP contribution is 2.36. The minimum absolute atomic E-state index is 0.0463. The Labute approximate surface area is 129 Å². The van der Waals surface area contributed by atoms with E-state index in [4.69, 9.17) is 4.52 Å². The quantitative estimate of drug-likeness (QED) is 0.815. The second-order valence-electron chi connectivity index (χ2n) is 6.75. The normalized spacial score (nSPS) is 25.8. The lowest BCUT2D eigenvalue weighted by Crippen LogP contribution is -2.49. The van der Waals surface area contributed by atoms with Crippen molar-refractivity contribution in [3.05, 3.63) is 12.2 Å². The first-order valence-electron chi connectivity index (χ1n) is 7.73. The summed E-state index contributed by atoms with van der Waals surface area (Å²) in [6.45, 7) is 5.30. The molecule has 7 heteroatoms. The molecule has 1 atom stereocenters. The fourth-order valence-corrected chi connectivity index (χ4v) is 3.44. The molecule has 0 aliphatic carbocycles. The Balaban J connectivity index is 1.64. The van der Waals surface area contributed by atoms with Crippen molar-refractivity contribution in [3.8, 4) is 0 Å². The van der Waals surface area contributed by atoms with Crippen LogP contribution in [0.1, 0.15) is 44.9 Å². The highest BCUT2D eigenvalue weighted by Gasteiger charge is 2.49. The summed E-state index contributed by atoms with van der Waals surface area (Å²) in [7, 11) is 1.78. The summed E-state index contributed by atoms with van der Waals surface area (Å²) in [5.41, 5.74) is -0.418. The second kappa shape index (κ2) is 5.37. The zero-order valence-electron chi connectivity index (χ0n) is 13.3. The highest BCUT2D eigenvalue weighted by atomic mass is 16.5. The van der Waals surface area contributed by atoms with Crippen LogP contribution >= 0.6 is 0 Å². The number of hydrogen-bond donors (Lipinski definition) is 0. The number of likely N-dealkylation sites (tertiary alicyclic amines) is 2. The monoisotopic (exact) mass is 306 g/mol. The lowest BCUT2D eigenvalue weighted by atomic mass is 9.86. The molecule has 2 aliphatic heterocycles. The molecule has 0 radical (unpaired) electrons. The first-order valence-corrected chi connectivity index (χ1v) is 7.73. The number of nitrogens with zero attached hydrogens (tertiary/aromatic N) is 4. The minimum Gasteiger partial charge on any atom is -0.343 e. The van der Waals surface area contributed by atoms with Crippen LogP contribution in [0.25, 0.3) is 0 Å². The van der Waals surface area contributed by atoms with Gasteiger partial charge < -0.3 is 14.3 Å². The average molecular weight is 306 g/mol. The van der Waals surface area contributed by atoms with Crippen LogP contribution in [-0.2, 0) is 9.59 Å². The number of aromatic nitrogens is 2. The Bertz CT molecular complexity index is 561. The Morgan fingerprint density at radius 2 is 2.05 bits per heavy atom. The van der Waals surface area contributed by atoms with Crippen LogP contribution in [0.4, 0.5) is 0 Å². The summed E-state index contributed by atoms with van der Waals surface area (Å²) in [5, 5.41) is 3.89. The maximum atomic E-state index is 12.8.